The predicted octanol–water partition coefficient (Wildman–Crippen LogP) is 0.285. The van der Waals surface area contributed by atoms with Crippen molar-refractivity contribution in [3.63, 3.8) is 0 Å². The lowest BCUT2D eigenvalue weighted by molar-refractivity contribution is -0.129. The zero-order chi connectivity index (χ0) is 10.7. The van der Waals surface area contributed by atoms with E-state index in [4.69, 9.17) is 5.73 Å². The lowest BCUT2D eigenvalue weighted by Crippen LogP contribution is -2.40. The van der Waals surface area contributed by atoms with Crippen LogP contribution in [0.4, 0.5) is 0 Å². The number of amides is 1. The Labute approximate surface area is 83.8 Å². The smallest absolute Gasteiger partial charge is 0.224 e. The van der Waals surface area contributed by atoms with E-state index in [-0.39, 0.29) is 18.0 Å². The molecule has 1 rings (SSSR count). The van der Waals surface area contributed by atoms with Crippen molar-refractivity contribution in [3.05, 3.63) is 12.2 Å². The second-order valence-corrected chi connectivity index (χ2v) is 3.84. The molecule has 0 bridgehead atoms. The summed E-state index contributed by atoms with van der Waals surface area (Å²) < 4.78 is 0. The van der Waals surface area contributed by atoms with Crippen molar-refractivity contribution in [2.75, 3.05) is 6.54 Å². The van der Waals surface area contributed by atoms with Crippen molar-refractivity contribution in [3.8, 4) is 0 Å². The maximum Gasteiger partial charge on any atom is 0.224 e. The van der Waals surface area contributed by atoms with Gasteiger partial charge in [-0.1, -0.05) is 6.58 Å². The molecule has 0 saturated carbocycles. The maximum absolute atomic E-state index is 11.4. The molecular weight excluding hydrogens is 180 g/mol. The summed E-state index contributed by atoms with van der Waals surface area (Å²) in [5.74, 6) is 0.273. The molecule has 0 aliphatic carbocycles. The first-order chi connectivity index (χ1) is 6.54. The number of carbonyl (C=O) groups excluding carboxylic acids is 2. The number of allylic oxidation sites excluding steroid dienone is 1. The van der Waals surface area contributed by atoms with Crippen LogP contribution in [0.5, 0.6) is 0 Å². The topological polar surface area (TPSA) is 63.4 Å². The van der Waals surface area contributed by atoms with Crippen LogP contribution in [0, 0.1) is 5.92 Å². The Kier molecular flexibility index (Phi) is 3.41. The van der Waals surface area contributed by atoms with Gasteiger partial charge >= 0.3 is 0 Å². The average Bonchev–Trinajstić information content (AvgIpc) is 2.46. The molecule has 0 spiro atoms. The Hall–Kier alpha value is -1.16. The number of likely N-dealkylation sites (tertiary alicyclic amines) is 1. The fourth-order valence-electron chi connectivity index (χ4n) is 1.76. The van der Waals surface area contributed by atoms with Crippen molar-refractivity contribution < 1.29 is 9.59 Å². The van der Waals surface area contributed by atoms with Crippen molar-refractivity contribution in [2.24, 2.45) is 11.7 Å². The number of nitrogens with zero attached hydrogens (tertiary/aromatic N) is 1. The van der Waals surface area contributed by atoms with Crippen molar-refractivity contribution in [1.29, 1.82) is 0 Å². The summed E-state index contributed by atoms with van der Waals surface area (Å²) in [5.41, 5.74) is 6.18. The number of nitrogens with two attached hydrogens (primary N) is 1. The van der Waals surface area contributed by atoms with Gasteiger partial charge in [-0.2, -0.15) is 0 Å². The average molecular weight is 196 g/mol. The van der Waals surface area contributed by atoms with Gasteiger partial charge in [0.1, 0.15) is 6.29 Å². The van der Waals surface area contributed by atoms with Gasteiger partial charge in [-0.15, -0.1) is 0 Å². The van der Waals surface area contributed by atoms with Gasteiger partial charge in [-0.05, 0) is 24.8 Å². The van der Waals surface area contributed by atoms with E-state index >= 15 is 0 Å². The highest BCUT2D eigenvalue weighted by Crippen LogP contribution is 2.23. The molecule has 0 aromatic carbocycles. The molecule has 0 radical (unpaired) electrons. The third-order valence-electron chi connectivity index (χ3n) is 2.45. The van der Waals surface area contributed by atoms with E-state index in [0.29, 0.717) is 25.0 Å². The second kappa shape index (κ2) is 4.37. The number of aldehydes is 1. The minimum Gasteiger partial charge on any atom is -0.327 e. The van der Waals surface area contributed by atoms with Crippen LogP contribution in [0.1, 0.15) is 19.8 Å². The minimum absolute atomic E-state index is 0.0729. The summed E-state index contributed by atoms with van der Waals surface area (Å²) in [5, 5.41) is 0. The van der Waals surface area contributed by atoms with Crippen LogP contribution in [0.2, 0.25) is 0 Å². The monoisotopic (exact) mass is 196 g/mol. The summed E-state index contributed by atoms with van der Waals surface area (Å²) in [6.07, 6.45) is 1.59. The number of carbonyl (C=O) groups is 2. The van der Waals surface area contributed by atoms with Gasteiger partial charge in [0.25, 0.3) is 0 Å². The molecular formula is C10H16N2O2. The first kappa shape index (κ1) is 10.9. The molecule has 4 nitrogen and oxygen atoms in total. The van der Waals surface area contributed by atoms with Crippen molar-refractivity contribution in [2.45, 2.75) is 25.9 Å². The normalized spacial score (nSPS) is 23.7. The summed E-state index contributed by atoms with van der Waals surface area (Å²) in [6.45, 7) is 6.03. The highest BCUT2D eigenvalue weighted by Gasteiger charge is 2.31. The molecule has 1 aliphatic rings. The van der Waals surface area contributed by atoms with Gasteiger partial charge in [0, 0.05) is 13.0 Å². The minimum atomic E-state index is -0.239. The summed E-state index contributed by atoms with van der Waals surface area (Å²) in [7, 11) is 0. The number of hydrogen-bond acceptors (Lipinski definition) is 3. The Morgan fingerprint density at radius 1 is 1.86 bits per heavy atom. The quantitative estimate of drug-likeness (QED) is 0.519. The molecule has 1 heterocycles. The summed E-state index contributed by atoms with van der Waals surface area (Å²) in [4.78, 5) is 23.4. The van der Waals surface area contributed by atoms with Crippen LogP contribution in [-0.4, -0.2) is 29.8 Å². The van der Waals surface area contributed by atoms with Crippen molar-refractivity contribution in [1.82, 2.24) is 4.90 Å². The van der Waals surface area contributed by atoms with Gasteiger partial charge < -0.3 is 10.6 Å². The van der Waals surface area contributed by atoms with Gasteiger partial charge in [0.2, 0.25) is 5.91 Å². The fourth-order valence-corrected chi connectivity index (χ4v) is 1.76. The van der Waals surface area contributed by atoms with Crippen LogP contribution < -0.4 is 5.73 Å². The van der Waals surface area contributed by atoms with Crippen LogP contribution >= 0.6 is 0 Å². The molecule has 78 valence electrons. The van der Waals surface area contributed by atoms with Crippen LogP contribution in [0.3, 0.4) is 0 Å². The number of hydrogen-bond donors (Lipinski definition) is 1. The van der Waals surface area contributed by atoms with Gasteiger partial charge in [0.15, 0.2) is 0 Å². The fraction of sp³-hybridized carbons (Fsp3) is 0.600. The highest BCUT2D eigenvalue weighted by molar-refractivity contribution is 5.79. The van der Waals surface area contributed by atoms with E-state index in [2.05, 4.69) is 6.58 Å². The third-order valence-corrected chi connectivity index (χ3v) is 2.45. The number of rotatable bonds is 4. The van der Waals surface area contributed by atoms with E-state index in [1.165, 1.54) is 0 Å². The molecule has 1 fully saturated rings. The second-order valence-electron chi connectivity index (χ2n) is 3.84. The van der Waals surface area contributed by atoms with E-state index in [9.17, 15) is 9.59 Å². The van der Waals surface area contributed by atoms with Crippen LogP contribution in [0.25, 0.3) is 0 Å². The SMILES string of the molecule is C=C(C=O)C[C@@H]1CC(=O)N([C@H](C)N)C1. The van der Waals surface area contributed by atoms with E-state index < -0.39 is 0 Å². The first-order valence-electron chi connectivity index (χ1n) is 4.72. The zero-order valence-electron chi connectivity index (χ0n) is 8.40. The Bertz CT molecular complexity index is 261. The zero-order valence-corrected chi connectivity index (χ0v) is 8.40. The Balaban J connectivity index is 2.50. The molecule has 14 heavy (non-hydrogen) atoms. The van der Waals surface area contributed by atoms with Crippen LogP contribution in [0.15, 0.2) is 12.2 Å². The highest BCUT2D eigenvalue weighted by atomic mass is 16.2. The molecule has 1 amide bonds. The molecule has 4 heteroatoms. The third kappa shape index (κ3) is 2.42. The van der Waals surface area contributed by atoms with Gasteiger partial charge in [0.05, 0.1) is 6.17 Å². The van der Waals surface area contributed by atoms with E-state index in [1.807, 2.05) is 0 Å². The summed E-state index contributed by atoms with van der Waals surface area (Å²) in [6, 6.07) is 0. The van der Waals surface area contributed by atoms with Gasteiger partial charge in [-0.25, -0.2) is 0 Å². The van der Waals surface area contributed by atoms with E-state index in [0.717, 1.165) is 6.29 Å². The lowest BCUT2D eigenvalue weighted by atomic mass is 10.0. The maximum atomic E-state index is 11.4. The Morgan fingerprint density at radius 3 is 2.93 bits per heavy atom. The molecule has 2 atom stereocenters. The lowest BCUT2D eigenvalue weighted by Gasteiger charge is -2.20. The van der Waals surface area contributed by atoms with Crippen molar-refractivity contribution >= 4 is 12.2 Å². The Morgan fingerprint density at radius 2 is 2.50 bits per heavy atom. The molecule has 0 aromatic rings. The van der Waals surface area contributed by atoms with Gasteiger partial charge in [-0.3, -0.25) is 9.59 Å². The standard InChI is InChI=1S/C10H16N2O2/c1-7(6-13)3-9-4-10(14)12(5-9)8(2)11/h6,8-9H,1,3-5,11H2,2H3/t8-,9-/m1/s1. The molecule has 2 N–H and O–H groups in total. The first-order valence-corrected chi connectivity index (χ1v) is 4.72. The molecule has 0 aromatic heterocycles. The molecule has 0 unspecified atom stereocenters. The predicted molar refractivity (Wildman–Crippen MR) is 53.3 cm³/mol. The largest absolute Gasteiger partial charge is 0.327 e. The van der Waals surface area contributed by atoms with Crippen LogP contribution in [-0.2, 0) is 9.59 Å². The molecule has 1 aliphatic heterocycles. The summed E-state index contributed by atoms with van der Waals surface area (Å²) >= 11 is 0. The molecule has 1 saturated heterocycles. The van der Waals surface area contributed by atoms with E-state index in [1.54, 1.807) is 11.8 Å².